The molecule has 1 aliphatic rings. The highest BCUT2D eigenvalue weighted by Crippen LogP contribution is 2.48. The molecule has 1 aromatic carbocycles. The Balaban J connectivity index is 1.91. The summed E-state index contributed by atoms with van der Waals surface area (Å²) in [6, 6.07) is 6.02. The van der Waals surface area contributed by atoms with E-state index in [1.54, 1.807) is 7.11 Å². The highest BCUT2D eigenvalue weighted by molar-refractivity contribution is 5.59. The van der Waals surface area contributed by atoms with Gasteiger partial charge in [-0.25, -0.2) is 0 Å². The fourth-order valence-electron chi connectivity index (χ4n) is 2.12. The average Bonchev–Trinajstić information content (AvgIpc) is 3.09. The monoisotopic (exact) mass is 234 g/mol. The number of ether oxygens (including phenoxy) is 1. The van der Waals surface area contributed by atoms with Crippen molar-refractivity contribution in [2.75, 3.05) is 31.3 Å². The van der Waals surface area contributed by atoms with Crippen LogP contribution in [0.2, 0.25) is 0 Å². The molecule has 0 bridgehead atoms. The van der Waals surface area contributed by atoms with Gasteiger partial charge in [0.05, 0.1) is 0 Å². The summed E-state index contributed by atoms with van der Waals surface area (Å²) in [6.45, 7) is 3.99. The Bertz CT molecular complexity index is 386. The van der Waals surface area contributed by atoms with Crippen molar-refractivity contribution in [3.8, 4) is 0 Å². The van der Waals surface area contributed by atoms with Crippen LogP contribution in [-0.2, 0) is 4.74 Å². The molecule has 17 heavy (non-hydrogen) atoms. The molecule has 94 valence electrons. The Morgan fingerprint density at radius 2 is 2.18 bits per heavy atom. The first-order chi connectivity index (χ1) is 8.15. The Hall–Kier alpha value is -1.22. The van der Waals surface area contributed by atoms with Gasteiger partial charge in [-0.2, -0.15) is 0 Å². The standard InChI is InChI=1S/C14H22N2O/c1-11-3-4-12(15)9-13(11)16-10-14(5-6-14)7-8-17-2/h3-4,9,16H,5-8,10,15H2,1-2H3. The molecule has 3 heteroatoms. The summed E-state index contributed by atoms with van der Waals surface area (Å²) in [5.41, 5.74) is 9.50. The molecule has 3 N–H and O–H groups in total. The zero-order valence-electron chi connectivity index (χ0n) is 10.8. The van der Waals surface area contributed by atoms with E-state index in [-0.39, 0.29) is 0 Å². The van der Waals surface area contributed by atoms with Gasteiger partial charge in [0, 0.05) is 31.6 Å². The van der Waals surface area contributed by atoms with Crippen LogP contribution < -0.4 is 11.1 Å². The number of benzene rings is 1. The quantitative estimate of drug-likeness (QED) is 0.744. The second kappa shape index (κ2) is 4.96. The van der Waals surface area contributed by atoms with E-state index in [9.17, 15) is 0 Å². The largest absolute Gasteiger partial charge is 0.399 e. The van der Waals surface area contributed by atoms with Crippen molar-refractivity contribution in [1.82, 2.24) is 0 Å². The maximum absolute atomic E-state index is 5.80. The Morgan fingerprint density at radius 3 is 2.82 bits per heavy atom. The van der Waals surface area contributed by atoms with Crippen LogP contribution in [0.1, 0.15) is 24.8 Å². The molecule has 0 radical (unpaired) electrons. The Morgan fingerprint density at radius 1 is 1.41 bits per heavy atom. The summed E-state index contributed by atoms with van der Waals surface area (Å²) >= 11 is 0. The van der Waals surface area contributed by atoms with Crippen LogP contribution in [-0.4, -0.2) is 20.3 Å². The number of hydrogen-bond donors (Lipinski definition) is 2. The van der Waals surface area contributed by atoms with Crippen LogP contribution in [0.4, 0.5) is 11.4 Å². The van der Waals surface area contributed by atoms with E-state index in [1.807, 2.05) is 12.1 Å². The normalized spacial score (nSPS) is 16.8. The van der Waals surface area contributed by atoms with Gasteiger partial charge in [-0.3, -0.25) is 0 Å². The lowest BCUT2D eigenvalue weighted by Crippen LogP contribution is -2.17. The van der Waals surface area contributed by atoms with Crippen LogP contribution in [0.3, 0.4) is 0 Å². The van der Waals surface area contributed by atoms with E-state index >= 15 is 0 Å². The van der Waals surface area contributed by atoms with Gasteiger partial charge in [-0.05, 0) is 49.3 Å². The van der Waals surface area contributed by atoms with E-state index in [4.69, 9.17) is 10.5 Å². The summed E-state index contributed by atoms with van der Waals surface area (Å²) in [6.07, 6.45) is 3.77. The number of methoxy groups -OCH3 is 1. The highest BCUT2D eigenvalue weighted by atomic mass is 16.5. The molecule has 0 amide bonds. The van der Waals surface area contributed by atoms with Crippen molar-refractivity contribution in [2.24, 2.45) is 5.41 Å². The second-order valence-corrected chi connectivity index (χ2v) is 5.17. The third kappa shape index (κ3) is 3.13. The second-order valence-electron chi connectivity index (χ2n) is 5.17. The molecule has 0 aromatic heterocycles. The zero-order valence-corrected chi connectivity index (χ0v) is 10.8. The SMILES string of the molecule is COCCC1(CNc2cc(N)ccc2C)CC1. The lowest BCUT2D eigenvalue weighted by molar-refractivity contribution is 0.175. The van der Waals surface area contributed by atoms with Crippen LogP contribution in [0, 0.1) is 12.3 Å². The van der Waals surface area contributed by atoms with E-state index in [1.165, 1.54) is 18.4 Å². The number of aryl methyl sites for hydroxylation is 1. The van der Waals surface area contributed by atoms with Gasteiger partial charge in [-0.1, -0.05) is 6.07 Å². The zero-order chi connectivity index (χ0) is 12.3. The maximum atomic E-state index is 5.80. The molecule has 1 aliphatic carbocycles. The maximum Gasteiger partial charge on any atom is 0.0468 e. The summed E-state index contributed by atoms with van der Waals surface area (Å²) in [5, 5.41) is 3.53. The van der Waals surface area contributed by atoms with Crippen molar-refractivity contribution < 1.29 is 4.74 Å². The van der Waals surface area contributed by atoms with E-state index in [0.717, 1.165) is 30.9 Å². The molecule has 0 spiro atoms. The molecule has 1 aromatic rings. The molecule has 0 aliphatic heterocycles. The van der Waals surface area contributed by atoms with Gasteiger partial charge in [0.25, 0.3) is 0 Å². The lowest BCUT2D eigenvalue weighted by Gasteiger charge is -2.17. The molecule has 0 heterocycles. The number of anilines is 2. The summed E-state index contributed by atoms with van der Waals surface area (Å²) in [5.74, 6) is 0. The van der Waals surface area contributed by atoms with Crippen molar-refractivity contribution >= 4 is 11.4 Å². The minimum absolute atomic E-state index is 0.465. The third-order valence-corrected chi connectivity index (χ3v) is 3.71. The third-order valence-electron chi connectivity index (χ3n) is 3.71. The van der Waals surface area contributed by atoms with Crippen molar-refractivity contribution in [2.45, 2.75) is 26.2 Å². The lowest BCUT2D eigenvalue weighted by atomic mass is 10.0. The topological polar surface area (TPSA) is 47.3 Å². The molecule has 0 unspecified atom stereocenters. The van der Waals surface area contributed by atoms with Crippen molar-refractivity contribution in [1.29, 1.82) is 0 Å². The van der Waals surface area contributed by atoms with Crippen LogP contribution in [0.15, 0.2) is 18.2 Å². The van der Waals surface area contributed by atoms with Gasteiger partial charge in [0.15, 0.2) is 0 Å². The van der Waals surface area contributed by atoms with E-state index < -0.39 is 0 Å². The van der Waals surface area contributed by atoms with Crippen molar-refractivity contribution in [3.05, 3.63) is 23.8 Å². The van der Waals surface area contributed by atoms with Gasteiger partial charge in [0.1, 0.15) is 0 Å². The molecule has 3 nitrogen and oxygen atoms in total. The van der Waals surface area contributed by atoms with Gasteiger partial charge >= 0.3 is 0 Å². The number of nitrogens with two attached hydrogens (primary N) is 1. The van der Waals surface area contributed by atoms with Crippen LogP contribution in [0.5, 0.6) is 0 Å². The first-order valence-electron chi connectivity index (χ1n) is 6.24. The predicted octanol–water partition coefficient (Wildman–Crippen LogP) is 2.81. The van der Waals surface area contributed by atoms with Crippen LogP contribution >= 0.6 is 0 Å². The molecular weight excluding hydrogens is 212 g/mol. The molecule has 0 saturated heterocycles. The number of nitrogens with one attached hydrogen (secondary N) is 1. The van der Waals surface area contributed by atoms with Gasteiger partial charge < -0.3 is 15.8 Å². The first-order valence-corrected chi connectivity index (χ1v) is 6.24. The smallest absolute Gasteiger partial charge is 0.0468 e. The highest BCUT2D eigenvalue weighted by Gasteiger charge is 2.41. The molecule has 0 atom stereocenters. The Labute approximate surface area is 103 Å². The number of nitrogen functional groups attached to an aromatic ring is 1. The summed E-state index contributed by atoms with van der Waals surface area (Å²) in [4.78, 5) is 0. The summed E-state index contributed by atoms with van der Waals surface area (Å²) < 4.78 is 5.16. The number of hydrogen-bond acceptors (Lipinski definition) is 3. The molecular formula is C14H22N2O. The first kappa shape index (κ1) is 12.2. The minimum Gasteiger partial charge on any atom is -0.399 e. The fraction of sp³-hybridized carbons (Fsp3) is 0.571. The van der Waals surface area contributed by atoms with Crippen molar-refractivity contribution in [3.63, 3.8) is 0 Å². The van der Waals surface area contributed by atoms with Gasteiger partial charge in [-0.15, -0.1) is 0 Å². The molecule has 1 fully saturated rings. The molecule has 2 rings (SSSR count). The van der Waals surface area contributed by atoms with E-state index in [2.05, 4.69) is 18.3 Å². The fourth-order valence-corrected chi connectivity index (χ4v) is 2.12. The minimum atomic E-state index is 0.465. The average molecular weight is 234 g/mol. The molecule has 1 saturated carbocycles. The summed E-state index contributed by atoms with van der Waals surface area (Å²) in [7, 11) is 1.77. The predicted molar refractivity (Wildman–Crippen MR) is 72.2 cm³/mol. The van der Waals surface area contributed by atoms with E-state index in [0.29, 0.717) is 5.41 Å². The number of rotatable bonds is 6. The Kier molecular flexibility index (Phi) is 3.57. The van der Waals surface area contributed by atoms with Gasteiger partial charge in [0.2, 0.25) is 0 Å². The van der Waals surface area contributed by atoms with Crippen LogP contribution in [0.25, 0.3) is 0 Å².